The number of hydrogen-bond donors (Lipinski definition) is 1. The molecule has 6 heteroatoms. The lowest BCUT2D eigenvalue weighted by Crippen LogP contribution is -2.26. The van der Waals surface area contributed by atoms with Gasteiger partial charge in [0.1, 0.15) is 12.4 Å². The van der Waals surface area contributed by atoms with Crippen molar-refractivity contribution in [2.45, 2.75) is 26.4 Å². The van der Waals surface area contributed by atoms with E-state index in [0.29, 0.717) is 18.9 Å². The van der Waals surface area contributed by atoms with E-state index in [-0.39, 0.29) is 12.2 Å². The SMILES string of the molecule is CC=C(CC)N1CC(CNc2ccon2)OC1=O. The van der Waals surface area contributed by atoms with Crippen LogP contribution in [0.15, 0.2) is 28.6 Å². The maximum Gasteiger partial charge on any atom is 0.414 e. The smallest absolute Gasteiger partial charge is 0.414 e. The van der Waals surface area contributed by atoms with Crippen molar-refractivity contribution in [3.8, 4) is 0 Å². The Morgan fingerprint density at radius 2 is 2.56 bits per heavy atom. The standard InChI is InChI=1S/C12H17N3O3/c1-3-9(4-2)15-8-10(18-12(15)16)7-13-11-5-6-17-14-11/h3,5-6,10H,4,7-8H2,1-2H3,(H,13,14). The van der Waals surface area contributed by atoms with Gasteiger partial charge in [0.2, 0.25) is 0 Å². The van der Waals surface area contributed by atoms with Crippen LogP contribution in [0.4, 0.5) is 10.6 Å². The highest BCUT2D eigenvalue weighted by atomic mass is 16.6. The van der Waals surface area contributed by atoms with Gasteiger partial charge in [-0.15, -0.1) is 0 Å². The molecule has 1 aliphatic rings. The molecule has 2 heterocycles. The normalized spacial score (nSPS) is 20.1. The molecule has 1 atom stereocenters. The van der Waals surface area contributed by atoms with Crippen molar-refractivity contribution in [1.29, 1.82) is 0 Å². The number of hydrogen-bond acceptors (Lipinski definition) is 5. The van der Waals surface area contributed by atoms with Crippen LogP contribution in [0.25, 0.3) is 0 Å². The molecule has 1 aromatic rings. The number of amides is 1. The Hall–Kier alpha value is -1.98. The monoisotopic (exact) mass is 251 g/mol. The summed E-state index contributed by atoms with van der Waals surface area (Å²) < 4.78 is 9.99. The fraction of sp³-hybridized carbons (Fsp3) is 0.500. The summed E-state index contributed by atoms with van der Waals surface area (Å²) in [5.74, 6) is 0.645. The molecule has 0 aliphatic carbocycles. The molecule has 0 saturated carbocycles. The van der Waals surface area contributed by atoms with Gasteiger partial charge in [-0.05, 0) is 13.3 Å². The molecule has 2 rings (SSSR count). The fourth-order valence-electron chi connectivity index (χ4n) is 1.94. The van der Waals surface area contributed by atoms with Gasteiger partial charge in [0.25, 0.3) is 0 Å². The quantitative estimate of drug-likeness (QED) is 0.869. The van der Waals surface area contributed by atoms with E-state index in [9.17, 15) is 4.79 Å². The van der Waals surface area contributed by atoms with Crippen molar-refractivity contribution in [1.82, 2.24) is 10.1 Å². The number of carbonyl (C=O) groups excluding carboxylic acids is 1. The molecule has 1 aliphatic heterocycles. The molecule has 6 nitrogen and oxygen atoms in total. The zero-order chi connectivity index (χ0) is 13.0. The van der Waals surface area contributed by atoms with Crippen LogP contribution in [0.2, 0.25) is 0 Å². The van der Waals surface area contributed by atoms with Crippen LogP contribution in [-0.2, 0) is 4.74 Å². The zero-order valence-electron chi connectivity index (χ0n) is 10.5. The first-order chi connectivity index (χ1) is 8.74. The van der Waals surface area contributed by atoms with Gasteiger partial charge in [-0.25, -0.2) is 4.79 Å². The summed E-state index contributed by atoms with van der Waals surface area (Å²) in [5, 5.41) is 6.79. The second-order valence-corrected chi connectivity index (χ2v) is 4.02. The minimum Gasteiger partial charge on any atom is -0.442 e. The third-order valence-corrected chi connectivity index (χ3v) is 2.86. The van der Waals surface area contributed by atoms with Crippen molar-refractivity contribution < 1.29 is 14.1 Å². The third kappa shape index (κ3) is 2.64. The van der Waals surface area contributed by atoms with Gasteiger partial charge in [-0.2, -0.15) is 0 Å². The van der Waals surface area contributed by atoms with Crippen LogP contribution in [0.3, 0.4) is 0 Å². The van der Waals surface area contributed by atoms with E-state index in [1.165, 1.54) is 6.26 Å². The van der Waals surface area contributed by atoms with Gasteiger partial charge < -0.3 is 14.6 Å². The van der Waals surface area contributed by atoms with E-state index in [2.05, 4.69) is 10.5 Å². The summed E-state index contributed by atoms with van der Waals surface area (Å²) >= 11 is 0. The Morgan fingerprint density at radius 1 is 1.72 bits per heavy atom. The van der Waals surface area contributed by atoms with Gasteiger partial charge in [-0.1, -0.05) is 18.2 Å². The Bertz CT molecular complexity index is 428. The Labute approximate surface area is 106 Å². The number of carbonyl (C=O) groups is 1. The summed E-state index contributed by atoms with van der Waals surface area (Å²) in [6.45, 7) is 5.03. The number of aromatic nitrogens is 1. The lowest BCUT2D eigenvalue weighted by atomic mass is 10.2. The van der Waals surface area contributed by atoms with Crippen molar-refractivity contribution in [2.75, 3.05) is 18.4 Å². The molecule has 1 aromatic heterocycles. The van der Waals surface area contributed by atoms with Gasteiger partial charge in [-0.3, -0.25) is 4.90 Å². The number of anilines is 1. The zero-order valence-corrected chi connectivity index (χ0v) is 10.5. The predicted octanol–water partition coefficient (Wildman–Crippen LogP) is 2.22. The molecule has 98 valence electrons. The maximum absolute atomic E-state index is 11.7. The molecular formula is C12H17N3O3. The summed E-state index contributed by atoms with van der Waals surface area (Å²) in [6.07, 6.45) is 3.79. The van der Waals surface area contributed by atoms with Gasteiger partial charge in [0.05, 0.1) is 13.1 Å². The second kappa shape index (κ2) is 5.57. The molecule has 0 aromatic carbocycles. The maximum atomic E-state index is 11.7. The van der Waals surface area contributed by atoms with E-state index in [1.54, 1.807) is 11.0 Å². The van der Waals surface area contributed by atoms with Crippen LogP contribution in [0.1, 0.15) is 20.3 Å². The predicted molar refractivity (Wildman–Crippen MR) is 66.0 cm³/mol. The Balaban J connectivity index is 1.88. The molecule has 1 saturated heterocycles. The highest BCUT2D eigenvalue weighted by Gasteiger charge is 2.32. The van der Waals surface area contributed by atoms with Crippen molar-refractivity contribution in [3.63, 3.8) is 0 Å². The molecule has 1 fully saturated rings. The number of rotatable bonds is 5. The summed E-state index contributed by atoms with van der Waals surface area (Å²) in [5.41, 5.74) is 0.990. The number of nitrogens with one attached hydrogen (secondary N) is 1. The minimum atomic E-state index is -0.281. The topological polar surface area (TPSA) is 67.6 Å². The average molecular weight is 251 g/mol. The number of nitrogens with zero attached hydrogens (tertiary/aromatic N) is 2. The molecule has 0 spiro atoms. The highest BCUT2D eigenvalue weighted by Crippen LogP contribution is 2.19. The van der Waals surface area contributed by atoms with Crippen LogP contribution in [0, 0.1) is 0 Å². The molecule has 18 heavy (non-hydrogen) atoms. The van der Waals surface area contributed by atoms with Crippen LogP contribution >= 0.6 is 0 Å². The van der Waals surface area contributed by atoms with Gasteiger partial charge >= 0.3 is 6.09 Å². The van der Waals surface area contributed by atoms with Crippen LogP contribution in [0.5, 0.6) is 0 Å². The first-order valence-electron chi connectivity index (χ1n) is 6.02. The van der Waals surface area contributed by atoms with E-state index in [0.717, 1.165) is 12.1 Å². The third-order valence-electron chi connectivity index (χ3n) is 2.86. The Kier molecular flexibility index (Phi) is 3.86. The molecular weight excluding hydrogens is 234 g/mol. The molecule has 1 N–H and O–H groups in total. The van der Waals surface area contributed by atoms with E-state index >= 15 is 0 Å². The first kappa shape index (κ1) is 12.5. The number of allylic oxidation sites excluding steroid dienone is 2. The Morgan fingerprint density at radius 3 is 3.17 bits per heavy atom. The van der Waals surface area contributed by atoms with Crippen LogP contribution in [-0.4, -0.2) is 35.3 Å². The van der Waals surface area contributed by atoms with Gasteiger partial charge in [0.15, 0.2) is 5.82 Å². The van der Waals surface area contributed by atoms with Crippen LogP contribution < -0.4 is 5.32 Å². The van der Waals surface area contributed by atoms with E-state index in [4.69, 9.17) is 9.26 Å². The highest BCUT2D eigenvalue weighted by molar-refractivity contribution is 5.72. The van der Waals surface area contributed by atoms with Gasteiger partial charge in [0, 0.05) is 11.8 Å². The van der Waals surface area contributed by atoms with E-state index < -0.39 is 0 Å². The van der Waals surface area contributed by atoms with E-state index in [1.807, 2.05) is 19.9 Å². The van der Waals surface area contributed by atoms with Crippen molar-refractivity contribution in [3.05, 3.63) is 24.1 Å². The fourth-order valence-corrected chi connectivity index (χ4v) is 1.94. The van der Waals surface area contributed by atoms with Crippen molar-refractivity contribution in [2.24, 2.45) is 0 Å². The number of cyclic esters (lactones) is 1. The summed E-state index contributed by atoms with van der Waals surface area (Å²) in [4.78, 5) is 13.4. The summed E-state index contributed by atoms with van der Waals surface area (Å²) in [7, 11) is 0. The number of ether oxygens (including phenoxy) is 1. The largest absolute Gasteiger partial charge is 0.442 e. The molecule has 0 radical (unpaired) electrons. The first-order valence-corrected chi connectivity index (χ1v) is 6.02. The lowest BCUT2D eigenvalue weighted by molar-refractivity contribution is 0.139. The minimum absolute atomic E-state index is 0.171. The summed E-state index contributed by atoms with van der Waals surface area (Å²) in [6, 6.07) is 1.72. The van der Waals surface area contributed by atoms with Crippen molar-refractivity contribution >= 4 is 11.9 Å². The average Bonchev–Trinajstić information content (AvgIpc) is 2.99. The lowest BCUT2D eigenvalue weighted by Gasteiger charge is -2.15. The molecule has 0 bridgehead atoms. The molecule has 1 amide bonds. The molecule has 1 unspecified atom stereocenters. The second-order valence-electron chi connectivity index (χ2n) is 4.02.